The van der Waals surface area contributed by atoms with E-state index in [4.69, 9.17) is 0 Å². The molecule has 0 saturated carbocycles. The molecule has 1 nitrogen and oxygen atoms in total. The van der Waals surface area contributed by atoms with Crippen molar-refractivity contribution in [1.82, 2.24) is 4.90 Å². The largest absolute Gasteiger partial charge is 0.312 e. The topological polar surface area (TPSA) is 3.24 Å². The van der Waals surface area contributed by atoms with Crippen molar-refractivity contribution in [3.8, 4) is 0 Å². The van der Waals surface area contributed by atoms with Crippen molar-refractivity contribution < 1.29 is 0 Å². The third-order valence-electron chi connectivity index (χ3n) is 0.707. The predicted octanol–water partition coefficient (Wildman–Crippen LogP) is 1.48. The van der Waals surface area contributed by atoms with Gasteiger partial charge in [-0.15, -0.1) is 10.6 Å². The van der Waals surface area contributed by atoms with Gasteiger partial charge in [0.2, 0.25) is 15.2 Å². The van der Waals surface area contributed by atoms with Gasteiger partial charge in [0, 0.05) is 0 Å². The molecule has 0 aromatic heterocycles. The molecule has 0 unspecified atom stereocenters. The highest BCUT2D eigenvalue weighted by atomic mass is 27.1. The summed E-state index contributed by atoms with van der Waals surface area (Å²) < 4.78 is 0. The molecular weight excluding hydrogens is 125 g/mol. The molecule has 0 aliphatic rings. The second-order valence-electron chi connectivity index (χ2n) is 2.70. The van der Waals surface area contributed by atoms with Crippen molar-refractivity contribution in [2.75, 3.05) is 21.1 Å². The van der Waals surface area contributed by atoms with Crippen LogP contribution in [-0.2, 0) is 0 Å². The average molecular weight is 145 g/mol. The zero-order valence-electron chi connectivity index (χ0n) is 7.57. The molecule has 2 heteroatoms. The zero-order valence-corrected chi connectivity index (χ0v) is 8.98. The Bertz CT molecular complexity index is 33.1. The quantitative estimate of drug-likeness (QED) is 0.532. The highest BCUT2D eigenvalue weighted by Crippen LogP contribution is 1.77. The lowest BCUT2D eigenvalue weighted by Crippen LogP contribution is -1.99. The van der Waals surface area contributed by atoms with E-state index < -0.39 is 0 Å². The normalized spacial score (nSPS) is 8.22. The predicted molar refractivity (Wildman–Crippen MR) is 47.7 cm³/mol. The first kappa shape index (κ1) is 12.2. The van der Waals surface area contributed by atoms with E-state index >= 15 is 0 Å². The molecule has 0 heterocycles. The van der Waals surface area contributed by atoms with Gasteiger partial charge in [0.25, 0.3) is 0 Å². The molecule has 9 heavy (non-hydrogen) atoms. The van der Waals surface area contributed by atoms with Crippen LogP contribution in [0.3, 0.4) is 0 Å². The van der Waals surface area contributed by atoms with Crippen LogP contribution in [0.2, 0.25) is 10.6 Å². The molecule has 0 aliphatic carbocycles. The Kier molecular flexibility index (Phi) is 15.3. The third kappa shape index (κ3) is 57.6. The molecular formula is C7H20AlN. The molecule has 0 aromatic carbocycles. The van der Waals surface area contributed by atoms with Gasteiger partial charge in [-0.25, -0.2) is 0 Å². The van der Waals surface area contributed by atoms with Crippen LogP contribution in [0.1, 0.15) is 13.8 Å². The lowest BCUT2D eigenvalue weighted by atomic mass is 10.9. The summed E-state index contributed by atoms with van der Waals surface area (Å²) in [4.78, 5) is 2.00. The van der Waals surface area contributed by atoms with E-state index in [9.17, 15) is 0 Å². The Morgan fingerprint density at radius 2 is 1.22 bits per heavy atom. The monoisotopic (exact) mass is 145 g/mol. The molecule has 0 aliphatic heterocycles. The third-order valence-corrected chi connectivity index (χ3v) is 2.12. The van der Waals surface area contributed by atoms with Gasteiger partial charge in [0.1, 0.15) is 0 Å². The Hall–Kier alpha value is 0.492. The molecule has 0 radical (unpaired) electrons. The SMILES string of the molecule is CN(C)C.C[CH2][AlH][CH2]C. The van der Waals surface area contributed by atoms with Crippen LogP contribution in [0.4, 0.5) is 0 Å². The highest BCUT2D eigenvalue weighted by molar-refractivity contribution is 6.34. The standard InChI is InChI=1S/C3H9N.2C2H5.Al.H/c1-4(2)3;2*1-2;;/h1-3H3;2*1H2,2H3;;. The van der Waals surface area contributed by atoms with E-state index in [1.165, 1.54) is 10.6 Å². The molecule has 0 saturated heterocycles. The molecule has 0 aromatic rings. The fraction of sp³-hybridized carbons (Fsp3) is 1.00. The first-order valence-electron chi connectivity index (χ1n) is 3.76. The lowest BCUT2D eigenvalue weighted by Gasteiger charge is -1.90. The van der Waals surface area contributed by atoms with Gasteiger partial charge >= 0.3 is 0 Å². The molecule has 0 N–H and O–H groups in total. The van der Waals surface area contributed by atoms with E-state index in [0.717, 1.165) is 0 Å². The summed E-state index contributed by atoms with van der Waals surface area (Å²) in [5.41, 5.74) is 0. The van der Waals surface area contributed by atoms with Crippen molar-refractivity contribution in [2.24, 2.45) is 0 Å². The molecule has 0 bridgehead atoms. The van der Waals surface area contributed by atoms with E-state index in [1.54, 1.807) is 0 Å². The summed E-state index contributed by atoms with van der Waals surface area (Å²) in [7, 11) is 6.00. The van der Waals surface area contributed by atoms with Crippen LogP contribution in [-0.4, -0.2) is 41.3 Å². The minimum atomic E-state index is 0.432. The van der Waals surface area contributed by atoms with Gasteiger partial charge in [-0.3, -0.25) is 0 Å². The van der Waals surface area contributed by atoms with Gasteiger partial charge in [0.15, 0.2) is 0 Å². The van der Waals surface area contributed by atoms with Gasteiger partial charge in [-0.05, 0) is 21.1 Å². The number of hydrogen-bond acceptors (Lipinski definition) is 1. The van der Waals surface area contributed by atoms with Crippen LogP contribution in [0.15, 0.2) is 0 Å². The zero-order chi connectivity index (χ0) is 7.70. The summed E-state index contributed by atoms with van der Waals surface area (Å²) in [6.07, 6.45) is 0. The van der Waals surface area contributed by atoms with Crippen molar-refractivity contribution in [3.63, 3.8) is 0 Å². The fourth-order valence-corrected chi connectivity index (χ4v) is 1.06. The minimum Gasteiger partial charge on any atom is -0.312 e. The molecule has 56 valence electrons. The fourth-order valence-electron chi connectivity index (χ4n) is 0.354. The Morgan fingerprint density at radius 1 is 1.00 bits per heavy atom. The molecule has 0 fully saturated rings. The summed E-state index contributed by atoms with van der Waals surface area (Å²) in [6.45, 7) is 4.55. The molecule has 0 amide bonds. The van der Waals surface area contributed by atoms with Crippen LogP contribution in [0.5, 0.6) is 0 Å². The summed E-state index contributed by atoms with van der Waals surface area (Å²) in [5, 5.41) is 2.97. The summed E-state index contributed by atoms with van der Waals surface area (Å²) >= 11 is 0.432. The first-order chi connectivity index (χ1) is 4.15. The van der Waals surface area contributed by atoms with Crippen molar-refractivity contribution in [2.45, 2.75) is 24.4 Å². The van der Waals surface area contributed by atoms with E-state index in [0.29, 0.717) is 15.2 Å². The van der Waals surface area contributed by atoms with Crippen LogP contribution in [0, 0.1) is 0 Å². The second-order valence-corrected chi connectivity index (χ2v) is 5.40. The maximum absolute atomic E-state index is 2.27. The maximum Gasteiger partial charge on any atom is 0.236 e. The van der Waals surface area contributed by atoms with Gasteiger partial charge < -0.3 is 4.90 Å². The Morgan fingerprint density at radius 3 is 1.22 bits per heavy atom. The smallest absolute Gasteiger partial charge is 0.236 e. The van der Waals surface area contributed by atoms with E-state index in [1.807, 2.05) is 26.0 Å². The van der Waals surface area contributed by atoms with Crippen LogP contribution >= 0.6 is 0 Å². The second kappa shape index (κ2) is 11.3. The van der Waals surface area contributed by atoms with E-state index in [-0.39, 0.29) is 0 Å². The average Bonchev–Trinajstić information content (AvgIpc) is 1.66. The van der Waals surface area contributed by atoms with Gasteiger partial charge in [-0.1, -0.05) is 13.8 Å². The Balaban J connectivity index is 0. The summed E-state index contributed by atoms with van der Waals surface area (Å²) in [6, 6.07) is 0. The van der Waals surface area contributed by atoms with Crippen LogP contribution < -0.4 is 0 Å². The molecule has 0 atom stereocenters. The Labute approximate surface area is 66.2 Å². The molecule has 0 rings (SSSR count). The maximum atomic E-state index is 2.27. The number of hydrogen-bond donors (Lipinski definition) is 0. The summed E-state index contributed by atoms with van der Waals surface area (Å²) in [5.74, 6) is 0. The van der Waals surface area contributed by atoms with Gasteiger partial charge in [0.05, 0.1) is 0 Å². The van der Waals surface area contributed by atoms with Gasteiger partial charge in [-0.2, -0.15) is 0 Å². The van der Waals surface area contributed by atoms with E-state index in [2.05, 4.69) is 13.8 Å². The first-order valence-corrected chi connectivity index (χ1v) is 5.76. The molecule has 0 spiro atoms. The van der Waals surface area contributed by atoms with Crippen molar-refractivity contribution in [1.29, 1.82) is 0 Å². The highest BCUT2D eigenvalue weighted by Gasteiger charge is 1.76. The minimum absolute atomic E-state index is 0.432. The van der Waals surface area contributed by atoms with Crippen molar-refractivity contribution in [3.05, 3.63) is 0 Å². The number of nitrogens with zero attached hydrogens (tertiary/aromatic N) is 1. The van der Waals surface area contributed by atoms with Crippen molar-refractivity contribution >= 4 is 15.2 Å². The van der Waals surface area contributed by atoms with Crippen LogP contribution in [0.25, 0.3) is 0 Å². The number of rotatable bonds is 2. The lowest BCUT2D eigenvalue weighted by molar-refractivity contribution is 0.505.